The van der Waals surface area contributed by atoms with Gasteiger partial charge in [-0.3, -0.25) is 0 Å². The summed E-state index contributed by atoms with van der Waals surface area (Å²) in [5.74, 6) is 0. The Bertz CT molecular complexity index is 65.4. The molecule has 1 heteroatoms. The third-order valence-electron chi connectivity index (χ3n) is 0.594. The first kappa shape index (κ1) is 3.00. The minimum atomic E-state index is -1.73. The molecule has 0 spiro atoms. The van der Waals surface area contributed by atoms with Gasteiger partial charge < -0.3 is 0 Å². The summed E-state index contributed by atoms with van der Waals surface area (Å²) in [6.45, 7) is 3.69. The largest absolute Gasteiger partial charge is 0.245 e. The average molecular weight is 92.2 g/mol. The van der Waals surface area contributed by atoms with Crippen molar-refractivity contribution in [3.8, 4) is 0 Å². The van der Waals surface area contributed by atoms with E-state index in [-0.39, 0.29) is 0 Å². The molecule has 0 aromatic carbocycles. The van der Waals surface area contributed by atoms with Gasteiger partial charge >= 0.3 is 0 Å². The molecule has 0 heterocycles. The van der Waals surface area contributed by atoms with E-state index in [4.69, 9.17) is 2.74 Å². The zero-order valence-corrected chi connectivity index (χ0v) is 4.38. The second-order valence-electron chi connectivity index (χ2n) is 1.72. The molecule has 0 N–H and O–H groups in total. The SMILES string of the molecule is [2H]C([2H])(C)C(C)(C)F. The molecule has 6 heavy (non-hydrogen) atoms. The van der Waals surface area contributed by atoms with Crippen molar-refractivity contribution in [3.63, 3.8) is 0 Å². The third-order valence-corrected chi connectivity index (χ3v) is 0.594. The van der Waals surface area contributed by atoms with Crippen LogP contribution in [0.1, 0.15) is 29.9 Å². The van der Waals surface area contributed by atoms with Crippen molar-refractivity contribution in [2.45, 2.75) is 32.8 Å². The Morgan fingerprint density at radius 2 is 2.00 bits per heavy atom. The van der Waals surface area contributed by atoms with Crippen LogP contribution in [0.3, 0.4) is 0 Å². The maximum absolute atomic E-state index is 12.5. The molecule has 0 aliphatic rings. The van der Waals surface area contributed by atoms with Crippen molar-refractivity contribution in [2.75, 3.05) is 0 Å². The van der Waals surface area contributed by atoms with Gasteiger partial charge in [0.1, 0.15) is 5.67 Å². The highest BCUT2D eigenvalue weighted by Gasteiger charge is 2.09. The highest BCUT2D eigenvalue weighted by Crippen LogP contribution is 2.10. The van der Waals surface area contributed by atoms with Crippen LogP contribution in [0.15, 0.2) is 0 Å². The van der Waals surface area contributed by atoms with E-state index >= 15 is 0 Å². The standard InChI is InChI=1S/C5H11F/c1-4-5(2,3)6/h4H2,1-3H3/i4D2. The van der Waals surface area contributed by atoms with E-state index < -0.39 is 12.0 Å². The Morgan fingerprint density at radius 1 is 1.83 bits per heavy atom. The molecule has 0 saturated carbocycles. The zero-order valence-electron chi connectivity index (χ0n) is 6.38. The summed E-state index contributed by atoms with van der Waals surface area (Å²) in [7, 11) is 0. The number of halogens is 1. The van der Waals surface area contributed by atoms with Gasteiger partial charge in [0.15, 0.2) is 0 Å². The lowest BCUT2D eigenvalue weighted by Gasteiger charge is -2.07. The predicted octanol–water partition coefficient (Wildman–Crippen LogP) is 2.14. The summed E-state index contributed by atoms with van der Waals surface area (Å²) in [4.78, 5) is 0. The van der Waals surface area contributed by atoms with Crippen LogP contribution in [0.4, 0.5) is 4.39 Å². The highest BCUT2D eigenvalue weighted by atomic mass is 19.1. The molecule has 0 saturated heterocycles. The Morgan fingerprint density at radius 3 is 2.00 bits per heavy atom. The molecule has 0 unspecified atom stereocenters. The second kappa shape index (κ2) is 1.59. The minimum Gasteiger partial charge on any atom is -0.245 e. The minimum absolute atomic E-state index is 1.23. The van der Waals surface area contributed by atoms with Gasteiger partial charge in [0.05, 0.1) is 0 Å². The fourth-order valence-electron chi connectivity index (χ4n) is 0. The van der Waals surface area contributed by atoms with Crippen LogP contribution in [0.5, 0.6) is 0 Å². The molecule has 0 amide bonds. The topological polar surface area (TPSA) is 0 Å². The summed E-state index contributed by atoms with van der Waals surface area (Å²) in [5, 5.41) is 0. The smallest absolute Gasteiger partial charge is 0.105 e. The van der Waals surface area contributed by atoms with Gasteiger partial charge in [-0.2, -0.15) is 0 Å². The van der Waals surface area contributed by atoms with Crippen molar-refractivity contribution >= 4 is 0 Å². The molecule has 0 radical (unpaired) electrons. The first-order valence-corrected chi connectivity index (χ1v) is 1.94. The molecule has 0 rings (SSSR count). The quantitative estimate of drug-likeness (QED) is 0.465. The molecule has 0 aromatic heterocycles. The lowest BCUT2D eigenvalue weighted by atomic mass is 10.1. The normalized spacial score (nSPS) is 19.3. The van der Waals surface area contributed by atoms with Gasteiger partial charge in [-0.15, -0.1) is 0 Å². The number of rotatable bonds is 1. The second-order valence-corrected chi connectivity index (χ2v) is 1.72. The van der Waals surface area contributed by atoms with Gasteiger partial charge in [0.25, 0.3) is 0 Å². The van der Waals surface area contributed by atoms with E-state index in [2.05, 4.69) is 0 Å². The van der Waals surface area contributed by atoms with E-state index in [9.17, 15) is 4.39 Å². The summed E-state index contributed by atoms with van der Waals surface area (Å²) < 4.78 is 26.3. The lowest BCUT2D eigenvalue weighted by molar-refractivity contribution is 0.210. The molecular formula is C5H11F. The van der Waals surface area contributed by atoms with E-state index in [0.29, 0.717) is 0 Å². The molecule has 0 aliphatic carbocycles. The fourth-order valence-corrected chi connectivity index (χ4v) is 0. The maximum atomic E-state index is 12.5. The van der Waals surface area contributed by atoms with E-state index in [1.807, 2.05) is 0 Å². The highest BCUT2D eigenvalue weighted by molar-refractivity contribution is 4.60. The molecule has 0 aromatic rings. The first-order valence-electron chi connectivity index (χ1n) is 2.94. The van der Waals surface area contributed by atoms with Crippen LogP contribution in [0.2, 0.25) is 0 Å². The molecule has 38 valence electrons. The molecule has 0 bridgehead atoms. The van der Waals surface area contributed by atoms with Crippen LogP contribution in [-0.2, 0) is 0 Å². The molecular weight excluding hydrogens is 79.1 g/mol. The number of hydrogen-bond donors (Lipinski definition) is 0. The summed E-state index contributed by atoms with van der Waals surface area (Å²) in [6, 6.07) is 0. The molecule has 0 fully saturated rings. The van der Waals surface area contributed by atoms with Crippen molar-refractivity contribution in [1.29, 1.82) is 0 Å². The summed E-state index contributed by atoms with van der Waals surface area (Å²) >= 11 is 0. The lowest BCUT2D eigenvalue weighted by Crippen LogP contribution is -2.07. The molecule has 0 atom stereocenters. The third kappa shape index (κ3) is 3.93. The van der Waals surface area contributed by atoms with Crippen molar-refractivity contribution in [1.82, 2.24) is 0 Å². The van der Waals surface area contributed by atoms with E-state index in [1.165, 1.54) is 20.8 Å². The Labute approximate surface area is 41.2 Å². The van der Waals surface area contributed by atoms with Crippen molar-refractivity contribution in [2.24, 2.45) is 0 Å². The van der Waals surface area contributed by atoms with Gasteiger partial charge in [-0.1, -0.05) is 6.92 Å². The Kier molecular flexibility index (Phi) is 0.793. The van der Waals surface area contributed by atoms with Crippen molar-refractivity contribution in [3.05, 3.63) is 0 Å². The summed E-state index contributed by atoms with van der Waals surface area (Å²) in [6.07, 6.45) is -1.73. The predicted molar refractivity (Wildman–Crippen MR) is 25.5 cm³/mol. The number of alkyl halides is 1. The van der Waals surface area contributed by atoms with Crippen LogP contribution < -0.4 is 0 Å². The monoisotopic (exact) mass is 92.1 g/mol. The van der Waals surface area contributed by atoms with Crippen LogP contribution >= 0.6 is 0 Å². The van der Waals surface area contributed by atoms with E-state index in [0.717, 1.165) is 0 Å². The van der Waals surface area contributed by atoms with Crippen molar-refractivity contribution < 1.29 is 7.13 Å². The van der Waals surface area contributed by atoms with Crippen LogP contribution in [0, 0.1) is 0 Å². The summed E-state index contributed by atoms with van der Waals surface area (Å²) in [5.41, 5.74) is -1.73. The molecule has 0 aliphatic heterocycles. The van der Waals surface area contributed by atoms with Crippen LogP contribution in [0.25, 0.3) is 0 Å². The van der Waals surface area contributed by atoms with Gasteiger partial charge in [0, 0.05) is 2.74 Å². The van der Waals surface area contributed by atoms with Gasteiger partial charge in [-0.05, 0) is 20.2 Å². The maximum Gasteiger partial charge on any atom is 0.105 e. The Balaban J connectivity index is 4.02. The fraction of sp³-hybridized carbons (Fsp3) is 1.00. The van der Waals surface area contributed by atoms with Gasteiger partial charge in [0.2, 0.25) is 0 Å². The Hall–Kier alpha value is -0.0700. The van der Waals surface area contributed by atoms with Gasteiger partial charge in [-0.25, -0.2) is 4.39 Å². The zero-order chi connectivity index (χ0) is 7.00. The number of hydrogen-bond acceptors (Lipinski definition) is 0. The first-order chi connectivity index (χ1) is 3.25. The molecule has 0 nitrogen and oxygen atoms in total. The van der Waals surface area contributed by atoms with Crippen LogP contribution in [-0.4, -0.2) is 5.67 Å². The van der Waals surface area contributed by atoms with E-state index in [1.54, 1.807) is 0 Å². The average Bonchev–Trinajstić information content (AvgIpc) is 1.25.